The van der Waals surface area contributed by atoms with E-state index in [4.69, 9.17) is 5.11 Å². The molecular formula is C14H13N3O4. The van der Waals surface area contributed by atoms with E-state index in [0.29, 0.717) is 17.0 Å². The van der Waals surface area contributed by atoms with Crippen molar-refractivity contribution in [2.75, 3.05) is 5.32 Å². The number of aryl methyl sites for hydroxylation is 2. The first-order valence-corrected chi connectivity index (χ1v) is 6.07. The van der Waals surface area contributed by atoms with E-state index in [9.17, 15) is 14.7 Å². The number of aromatic nitrogens is 2. The SMILES string of the molecule is Cc1cc(C(=O)Nc2ccc(C(=O)O)cc2O)c(C)nn1. The lowest BCUT2D eigenvalue weighted by atomic mass is 10.1. The number of phenolic OH excluding ortho intramolecular Hbond substituents is 1. The van der Waals surface area contributed by atoms with Gasteiger partial charge in [0, 0.05) is 0 Å². The summed E-state index contributed by atoms with van der Waals surface area (Å²) in [7, 11) is 0. The summed E-state index contributed by atoms with van der Waals surface area (Å²) in [4.78, 5) is 22.9. The van der Waals surface area contributed by atoms with Gasteiger partial charge in [0.1, 0.15) is 5.75 Å². The molecule has 2 aromatic rings. The van der Waals surface area contributed by atoms with Gasteiger partial charge in [0.05, 0.1) is 28.2 Å². The molecule has 1 heterocycles. The lowest BCUT2D eigenvalue weighted by Gasteiger charge is -2.09. The van der Waals surface area contributed by atoms with E-state index in [2.05, 4.69) is 15.5 Å². The van der Waals surface area contributed by atoms with Crippen molar-refractivity contribution in [1.82, 2.24) is 10.2 Å². The number of carboxylic acids is 1. The number of carbonyl (C=O) groups excluding carboxylic acids is 1. The zero-order valence-corrected chi connectivity index (χ0v) is 11.4. The molecule has 0 bridgehead atoms. The van der Waals surface area contributed by atoms with Crippen molar-refractivity contribution < 1.29 is 19.8 Å². The number of benzene rings is 1. The van der Waals surface area contributed by atoms with Crippen molar-refractivity contribution >= 4 is 17.6 Å². The van der Waals surface area contributed by atoms with Crippen molar-refractivity contribution in [2.24, 2.45) is 0 Å². The number of nitrogens with one attached hydrogen (secondary N) is 1. The number of amides is 1. The standard InChI is InChI=1S/C14H13N3O4/c1-7-5-10(8(2)17-16-7)13(19)15-11-4-3-9(14(20)21)6-12(11)18/h3-6,18H,1-2H3,(H,15,19)(H,20,21). The zero-order chi connectivity index (χ0) is 15.6. The smallest absolute Gasteiger partial charge is 0.335 e. The Hall–Kier alpha value is -2.96. The first-order chi connectivity index (χ1) is 9.88. The van der Waals surface area contributed by atoms with E-state index in [1.807, 2.05) is 0 Å². The quantitative estimate of drug-likeness (QED) is 0.741. The molecule has 7 heteroatoms. The number of carboxylic acid groups (broad SMARTS) is 1. The van der Waals surface area contributed by atoms with Crippen molar-refractivity contribution in [2.45, 2.75) is 13.8 Å². The largest absolute Gasteiger partial charge is 0.506 e. The molecule has 1 amide bonds. The predicted octanol–water partition coefficient (Wildman–Crippen LogP) is 1.75. The number of anilines is 1. The molecule has 0 aliphatic heterocycles. The number of aromatic hydroxyl groups is 1. The van der Waals surface area contributed by atoms with Crippen molar-refractivity contribution in [3.63, 3.8) is 0 Å². The Labute approximate surface area is 120 Å². The Morgan fingerprint density at radius 1 is 1.14 bits per heavy atom. The first-order valence-electron chi connectivity index (χ1n) is 6.07. The summed E-state index contributed by atoms with van der Waals surface area (Å²) in [5.74, 6) is -1.93. The highest BCUT2D eigenvalue weighted by atomic mass is 16.4. The zero-order valence-electron chi connectivity index (χ0n) is 11.4. The molecule has 3 N–H and O–H groups in total. The summed E-state index contributed by atoms with van der Waals surface area (Å²) in [5.41, 5.74) is 1.45. The maximum Gasteiger partial charge on any atom is 0.335 e. The summed E-state index contributed by atoms with van der Waals surface area (Å²) in [6.45, 7) is 3.36. The topological polar surface area (TPSA) is 112 Å². The van der Waals surface area contributed by atoms with Crippen molar-refractivity contribution in [3.8, 4) is 5.75 Å². The van der Waals surface area contributed by atoms with Crippen LogP contribution in [0.15, 0.2) is 24.3 Å². The molecule has 108 valence electrons. The minimum absolute atomic E-state index is 0.0666. The van der Waals surface area contributed by atoms with E-state index in [1.165, 1.54) is 12.1 Å². The van der Waals surface area contributed by atoms with Crippen LogP contribution in [0, 0.1) is 13.8 Å². The summed E-state index contributed by atoms with van der Waals surface area (Å²) in [6.07, 6.45) is 0. The van der Waals surface area contributed by atoms with Crippen LogP contribution in [-0.4, -0.2) is 32.3 Å². The summed E-state index contributed by atoms with van der Waals surface area (Å²) >= 11 is 0. The Balaban J connectivity index is 2.27. The average molecular weight is 287 g/mol. The van der Waals surface area contributed by atoms with Gasteiger partial charge in [-0.1, -0.05) is 0 Å². The molecule has 21 heavy (non-hydrogen) atoms. The number of hydrogen-bond acceptors (Lipinski definition) is 5. The van der Waals surface area contributed by atoms with E-state index >= 15 is 0 Å². The fourth-order valence-corrected chi connectivity index (χ4v) is 1.74. The summed E-state index contributed by atoms with van der Waals surface area (Å²) in [5, 5.41) is 28.8. The molecule has 0 aliphatic rings. The van der Waals surface area contributed by atoms with Crippen LogP contribution in [0.5, 0.6) is 5.75 Å². The highest BCUT2D eigenvalue weighted by Crippen LogP contribution is 2.25. The Morgan fingerprint density at radius 3 is 2.48 bits per heavy atom. The van der Waals surface area contributed by atoms with E-state index in [1.54, 1.807) is 19.9 Å². The van der Waals surface area contributed by atoms with Gasteiger partial charge in [0.25, 0.3) is 5.91 Å². The van der Waals surface area contributed by atoms with Crippen LogP contribution in [0.2, 0.25) is 0 Å². The molecule has 0 fully saturated rings. The summed E-state index contributed by atoms with van der Waals surface area (Å²) in [6, 6.07) is 5.27. The second kappa shape index (κ2) is 5.58. The van der Waals surface area contributed by atoms with Gasteiger partial charge in [-0.05, 0) is 38.1 Å². The number of rotatable bonds is 3. The van der Waals surface area contributed by atoms with Crippen LogP contribution in [-0.2, 0) is 0 Å². The van der Waals surface area contributed by atoms with Gasteiger partial charge in [0.15, 0.2) is 0 Å². The molecule has 0 unspecified atom stereocenters. The van der Waals surface area contributed by atoms with Gasteiger partial charge in [-0.2, -0.15) is 10.2 Å². The predicted molar refractivity (Wildman–Crippen MR) is 74.5 cm³/mol. The summed E-state index contributed by atoms with van der Waals surface area (Å²) < 4.78 is 0. The van der Waals surface area contributed by atoms with Gasteiger partial charge < -0.3 is 15.5 Å². The van der Waals surface area contributed by atoms with Crippen molar-refractivity contribution in [1.29, 1.82) is 0 Å². The van der Waals surface area contributed by atoms with Crippen LogP contribution in [0.1, 0.15) is 32.1 Å². The number of carbonyl (C=O) groups is 2. The second-order valence-corrected chi connectivity index (χ2v) is 4.48. The maximum absolute atomic E-state index is 12.2. The number of hydrogen-bond donors (Lipinski definition) is 3. The third-order valence-corrected chi connectivity index (χ3v) is 2.84. The fraction of sp³-hybridized carbons (Fsp3) is 0.143. The molecule has 1 aromatic heterocycles. The average Bonchev–Trinajstić information content (AvgIpc) is 2.43. The molecule has 0 spiro atoms. The lowest BCUT2D eigenvalue weighted by molar-refractivity contribution is 0.0696. The normalized spacial score (nSPS) is 10.2. The molecule has 1 aromatic carbocycles. The van der Waals surface area contributed by atoms with Crippen molar-refractivity contribution in [3.05, 3.63) is 46.8 Å². The van der Waals surface area contributed by atoms with E-state index in [-0.39, 0.29) is 17.0 Å². The molecule has 0 saturated heterocycles. The van der Waals surface area contributed by atoms with Gasteiger partial charge >= 0.3 is 5.97 Å². The van der Waals surface area contributed by atoms with E-state index < -0.39 is 11.9 Å². The lowest BCUT2D eigenvalue weighted by Crippen LogP contribution is -2.15. The van der Waals surface area contributed by atoms with Gasteiger partial charge in [-0.25, -0.2) is 4.79 Å². The molecule has 0 saturated carbocycles. The molecule has 7 nitrogen and oxygen atoms in total. The van der Waals surface area contributed by atoms with E-state index in [0.717, 1.165) is 6.07 Å². The molecule has 0 atom stereocenters. The third-order valence-electron chi connectivity index (χ3n) is 2.84. The van der Waals surface area contributed by atoms with Gasteiger partial charge in [-0.15, -0.1) is 0 Å². The minimum Gasteiger partial charge on any atom is -0.506 e. The Bertz CT molecular complexity index is 728. The van der Waals surface area contributed by atoms with Crippen LogP contribution in [0.25, 0.3) is 0 Å². The monoisotopic (exact) mass is 287 g/mol. The molecule has 2 rings (SSSR count). The maximum atomic E-state index is 12.2. The minimum atomic E-state index is -1.16. The Kier molecular flexibility index (Phi) is 3.84. The third kappa shape index (κ3) is 3.14. The number of aromatic carboxylic acids is 1. The number of nitrogens with zero attached hydrogens (tertiary/aromatic N) is 2. The van der Waals surface area contributed by atoms with Gasteiger partial charge in [0.2, 0.25) is 0 Å². The Morgan fingerprint density at radius 2 is 1.86 bits per heavy atom. The number of phenols is 1. The molecule has 0 aliphatic carbocycles. The molecule has 0 radical (unpaired) electrons. The van der Waals surface area contributed by atoms with Crippen LogP contribution in [0.3, 0.4) is 0 Å². The van der Waals surface area contributed by atoms with Crippen LogP contribution >= 0.6 is 0 Å². The van der Waals surface area contributed by atoms with Crippen LogP contribution < -0.4 is 5.32 Å². The fourth-order valence-electron chi connectivity index (χ4n) is 1.74. The molecular weight excluding hydrogens is 274 g/mol. The highest BCUT2D eigenvalue weighted by Gasteiger charge is 2.14. The second-order valence-electron chi connectivity index (χ2n) is 4.48. The van der Waals surface area contributed by atoms with Crippen LogP contribution in [0.4, 0.5) is 5.69 Å². The first kappa shape index (κ1) is 14.4. The van der Waals surface area contributed by atoms with Gasteiger partial charge in [-0.3, -0.25) is 4.79 Å². The highest BCUT2D eigenvalue weighted by molar-refractivity contribution is 6.06.